The van der Waals surface area contributed by atoms with E-state index in [-0.39, 0.29) is 5.91 Å². The van der Waals surface area contributed by atoms with Crippen LogP contribution in [0.4, 0.5) is 10.8 Å². The Hall–Kier alpha value is -4.17. The Morgan fingerprint density at radius 3 is 2.54 bits per heavy atom. The lowest BCUT2D eigenvalue weighted by molar-refractivity contribution is 0.0955. The van der Waals surface area contributed by atoms with Crippen LogP contribution in [0.25, 0.3) is 11.3 Å². The maximum atomic E-state index is 12.6. The molecule has 2 N–H and O–H groups in total. The van der Waals surface area contributed by atoms with Crippen LogP contribution in [0, 0.1) is 6.92 Å². The topological polar surface area (TPSA) is 84.8 Å². The van der Waals surface area contributed by atoms with Gasteiger partial charge in [-0.25, -0.2) is 10.4 Å². The lowest BCUT2D eigenvalue weighted by Gasteiger charge is -2.11. The van der Waals surface area contributed by atoms with Gasteiger partial charge in [-0.15, -0.1) is 11.3 Å². The van der Waals surface area contributed by atoms with Gasteiger partial charge in [0.15, 0.2) is 16.6 Å². The van der Waals surface area contributed by atoms with Crippen molar-refractivity contribution in [1.29, 1.82) is 0 Å². The first-order valence-corrected chi connectivity index (χ1v) is 14.0. The number of anilines is 2. The summed E-state index contributed by atoms with van der Waals surface area (Å²) in [6.07, 6.45) is 6.16. The Morgan fingerprint density at radius 1 is 1.00 bits per heavy atom. The molecule has 39 heavy (non-hydrogen) atoms. The summed E-state index contributed by atoms with van der Waals surface area (Å²) in [7, 11) is 1.61. The predicted octanol–water partition coefficient (Wildman–Crippen LogP) is 7.59. The number of nitrogens with zero attached hydrogens (tertiary/aromatic N) is 2. The Bertz CT molecular complexity index is 1380. The summed E-state index contributed by atoms with van der Waals surface area (Å²) in [5, 5.41) is 10.2. The number of hydrogen-bond acceptors (Lipinski definition) is 7. The first-order chi connectivity index (χ1) is 19.1. The highest BCUT2D eigenvalue weighted by atomic mass is 32.1. The average Bonchev–Trinajstić information content (AvgIpc) is 3.43. The summed E-state index contributed by atoms with van der Waals surface area (Å²) in [4.78, 5) is 17.3. The number of aryl methyl sites for hydroxylation is 1. The summed E-state index contributed by atoms with van der Waals surface area (Å²) >= 11 is 1.54. The van der Waals surface area contributed by atoms with E-state index in [9.17, 15) is 4.79 Å². The van der Waals surface area contributed by atoms with Crippen LogP contribution in [-0.2, 0) is 0 Å². The molecular weight excluding hydrogens is 508 g/mol. The third-order valence-corrected chi connectivity index (χ3v) is 6.83. The summed E-state index contributed by atoms with van der Waals surface area (Å²) in [5.41, 5.74) is 7.87. The van der Waals surface area contributed by atoms with Gasteiger partial charge in [-0.05, 0) is 61.4 Å². The summed E-state index contributed by atoms with van der Waals surface area (Å²) in [6, 6.07) is 21.1. The number of benzene rings is 3. The highest BCUT2D eigenvalue weighted by Crippen LogP contribution is 2.29. The fraction of sp³-hybridized carbons (Fsp3) is 0.258. The number of carbonyl (C=O) groups is 1. The monoisotopic (exact) mass is 542 g/mol. The third-order valence-electron chi connectivity index (χ3n) is 6.07. The van der Waals surface area contributed by atoms with Crippen molar-refractivity contribution < 1.29 is 14.3 Å². The van der Waals surface area contributed by atoms with Crippen LogP contribution >= 0.6 is 11.3 Å². The molecule has 1 aromatic heterocycles. The molecule has 4 rings (SSSR count). The van der Waals surface area contributed by atoms with E-state index in [2.05, 4.69) is 46.8 Å². The van der Waals surface area contributed by atoms with Gasteiger partial charge < -0.3 is 14.8 Å². The van der Waals surface area contributed by atoms with Crippen LogP contribution in [0.3, 0.4) is 0 Å². The molecule has 0 radical (unpaired) electrons. The number of hydrogen-bond donors (Lipinski definition) is 2. The first-order valence-electron chi connectivity index (χ1n) is 13.1. The molecule has 0 aliphatic carbocycles. The molecule has 0 aliphatic rings. The molecule has 0 unspecified atom stereocenters. The third kappa shape index (κ3) is 8.15. The van der Waals surface area contributed by atoms with Crippen molar-refractivity contribution in [3.8, 4) is 22.8 Å². The van der Waals surface area contributed by atoms with Crippen molar-refractivity contribution in [1.82, 2.24) is 10.4 Å². The minimum atomic E-state index is -0.295. The predicted molar refractivity (Wildman–Crippen MR) is 160 cm³/mol. The number of unbranched alkanes of at least 4 members (excludes halogenated alkanes) is 3. The van der Waals surface area contributed by atoms with Crippen LogP contribution in [-0.4, -0.2) is 30.8 Å². The second-order valence-corrected chi connectivity index (χ2v) is 9.98. The van der Waals surface area contributed by atoms with Crippen LogP contribution < -0.4 is 20.2 Å². The van der Waals surface area contributed by atoms with Gasteiger partial charge in [-0.1, -0.05) is 56.0 Å². The molecule has 1 heterocycles. The number of aromatic nitrogens is 1. The molecule has 0 fully saturated rings. The molecular formula is C31H34N4O3S. The van der Waals surface area contributed by atoms with Gasteiger partial charge in [-0.3, -0.25) is 4.79 Å². The van der Waals surface area contributed by atoms with Crippen molar-refractivity contribution in [2.24, 2.45) is 5.10 Å². The van der Waals surface area contributed by atoms with E-state index in [4.69, 9.17) is 9.47 Å². The van der Waals surface area contributed by atoms with E-state index >= 15 is 0 Å². The fourth-order valence-corrected chi connectivity index (χ4v) is 4.58. The number of methoxy groups -OCH3 is 1. The molecule has 3 aromatic carbocycles. The Labute approximate surface area is 233 Å². The molecule has 4 aromatic rings. The van der Waals surface area contributed by atoms with Crippen molar-refractivity contribution >= 4 is 34.3 Å². The second kappa shape index (κ2) is 14.1. The SMILES string of the molecule is CCCCCCOc1ccc(/C=N/NC(=O)c2ccc(-c3csc(Nc4ccc(C)cc4)n3)cc2)cc1OC. The largest absolute Gasteiger partial charge is 0.493 e. The Morgan fingerprint density at radius 2 is 1.79 bits per heavy atom. The van der Waals surface area contributed by atoms with Crippen molar-refractivity contribution in [2.75, 3.05) is 19.0 Å². The molecule has 202 valence electrons. The lowest BCUT2D eigenvalue weighted by Crippen LogP contribution is -2.17. The van der Waals surface area contributed by atoms with Crippen LogP contribution in [0.15, 0.2) is 77.2 Å². The van der Waals surface area contributed by atoms with Crippen molar-refractivity contribution in [2.45, 2.75) is 39.5 Å². The zero-order valence-corrected chi connectivity index (χ0v) is 23.4. The maximum absolute atomic E-state index is 12.6. The zero-order chi connectivity index (χ0) is 27.5. The number of nitrogens with one attached hydrogen (secondary N) is 2. The van der Waals surface area contributed by atoms with Crippen LogP contribution in [0.5, 0.6) is 11.5 Å². The molecule has 0 atom stereocenters. The second-order valence-electron chi connectivity index (χ2n) is 9.12. The molecule has 0 saturated heterocycles. The fourth-order valence-electron chi connectivity index (χ4n) is 3.84. The highest BCUT2D eigenvalue weighted by molar-refractivity contribution is 7.14. The smallest absolute Gasteiger partial charge is 0.271 e. The molecule has 1 amide bonds. The van der Waals surface area contributed by atoms with Gasteiger partial charge >= 0.3 is 0 Å². The number of carbonyl (C=O) groups excluding carboxylic acids is 1. The zero-order valence-electron chi connectivity index (χ0n) is 22.6. The molecule has 0 spiro atoms. The standard InChI is InChI=1S/C31H34N4O3S/c1-4-5-6-7-18-38-28-17-10-23(19-29(28)37-3)20-32-35-30(36)25-13-11-24(12-14-25)27-21-39-31(34-27)33-26-15-8-22(2)9-16-26/h8-17,19-21H,4-7,18H2,1-3H3,(H,33,34)(H,35,36)/b32-20+. The van der Waals surface area contributed by atoms with Gasteiger partial charge in [-0.2, -0.15) is 5.10 Å². The van der Waals surface area contributed by atoms with Gasteiger partial charge in [0, 0.05) is 22.2 Å². The van der Waals surface area contributed by atoms with Crippen molar-refractivity contribution in [3.63, 3.8) is 0 Å². The molecule has 0 bridgehead atoms. The Kier molecular flexibility index (Phi) is 10.1. The quantitative estimate of drug-likeness (QED) is 0.103. The summed E-state index contributed by atoms with van der Waals surface area (Å²) < 4.78 is 11.3. The summed E-state index contributed by atoms with van der Waals surface area (Å²) in [5.74, 6) is 1.04. The molecule has 0 aliphatic heterocycles. The maximum Gasteiger partial charge on any atom is 0.271 e. The number of ether oxygens (including phenoxy) is 2. The van der Waals surface area contributed by atoms with Crippen LogP contribution in [0.2, 0.25) is 0 Å². The van der Waals surface area contributed by atoms with Gasteiger partial charge in [0.2, 0.25) is 0 Å². The number of amides is 1. The minimum absolute atomic E-state index is 0.295. The van der Waals surface area contributed by atoms with E-state index in [1.165, 1.54) is 29.7 Å². The van der Waals surface area contributed by atoms with Crippen molar-refractivity contribution in [3.05, 3.63) is 88.8 Å². The normalized spacial score (nSPS) is 10.9. The van der Waals surface area contributed by atoms with Gasteiger partial charge in [0.1, 0.15) is 0 Å². The van der Waals surface area contributed by atoms with Crippen LogP contribution in [0.1, 0.15) is 54.1 Å². The van der Waals surface area contributed by atoms with E-state index in [1.807, 2.05) is 47.8 Å². The lowest BCUT2D eigenvalue weighted by atomic mass is 10.1. The highest BCUT2D eigenvalue weighted by Gasteiger charge is 2.09. The average molecular weight is 543 g/mol. The number of hydrazone groups is 1. The van der Waals surface area contributed by atoms with Gasteiger partial charge in [0.05, 0.1) is 25.6 Å². The van der Waals surface area contributed by atoms with E-state index in [0.29, 0.717) is 23.7 Å². The Balaban J connectivity index is 1.30. The van der Waals surface area contributed by atoms with E-state index < -0.39 is 0 Å². The van der Waals surface area contributed by atoms with E-state index in [1.54, 1.807) is 25.5 Å². The minimum Gasteiger partial charge on any atom is -0.493 e. The van der Waals surface area contributed by atoms with Gasteiger partial charge in [0.25, 0.3) is 5.91 Å². The molecule has 8 heteroatoms. The molecule has 7 nitrogen and oxygen atoms in total. The summed E-state index contributed by atoms with van der Waals surface area (Å²) in [6.45, 7) is 4.91. The first kappa shape index (κ1) is 27.9. The molecule has 0 saturated carbocycles. The number of rotatable bonds is 13. The van der Waals surface area contributed by atoms with E-state index in [0.717, 1.165) is 40.5 Å². The number of thiazole rings is 1.